The van der Waals surface area contributed by atoms with Gasteiger partial charge in [-0.2, -0.15) is 12.6 Å². The maximum absolute atomic E-state index is 11.8. The van der Waals surface area contributed by atoms with E-state index in [4.69, 9.17) is 12.2 Å². The van der Waals surface area contributed by atoms with Gasteiger partial charge in [0, 0.05) is 16.9 Å². The highest BCUT2D eigenvalue weighted by atomic mass is 32.1. The van der Waals surface area contributed by atoms with E-state index in [2.05, 4.69) is 36.7 Å². The zero-order valence-electron chi connectivity index (χ0n) is 13.7. The van der Waals surface area contributed by atoms with Crippen LogP contribution in [-0.2, 0) is 4.75 Å². The van der Waals surface area contributed by atoms with E-state index in [9.17, 15) is 4.79 Å². The van der Waals surface area contributed by atoms with E-state index in [-0.39, 0.29) is 5.43 Å². The summed E-state index contributed by atoms with van der Waals surface area (Å²) in [6.07, 6.45) is 3.44. The number of hydrogen-bond acceptors (Lipinski definition) is 5. The van der Waals surface area contributed by atoms with Gasteiger partial charge in [-0.3, -0.25) is 4.79 Å². The van der Waals surface area contributed by atoms with Gasteiger partial charge >= 0.3 is 0 Å². The van der Waals surface area contributed by atoms with Gasteiger partial charge in [-0.25, -0.2) is 0 Å². The first-order chi connectivity index (χ1) is 9.82. The molecule has 0 atom stereocenters. The van der Waals surface area contributed by atoms with E-state index in [1.807, 2.05) is 13.8 Å². The summed E-state index contributed by atoms with van der Waals surface area (Å²) in [5.41, 5.74) is 1.55. The smallest absolute Gasteiger partial charge is 0.205 e. The number of rotatable bonds is 10. The zero-order valence-corrected chi connectivity index (χ0v) is 15.4. The van der Waals surface area contributed by atoms with Crippen molar-refractivity contribution in [3.63, 3.8) is 0 Å². The Bertz CT molecular complexity index is 507. The minimum absolute atomic E-state index is 0.0221. The van der Waals surface area contributed by atoms with Crippen molar-refractivity contribution < 1.29 is 0 Å². The minimum atomic E-state index is -0.432. The number of thiol groups is 1. The third kappa shape index (κ3) is 5.08. The van der Waals surface area contributed by atoms with Crippen molar-refractivity contribution in [3.05, 3.63) is 20.3 Å². The summed E-state index contributed by atoms with van der Waals surface area (Å²) in [7, 11) is 0. The van der Waals surface area contributed by atoms with Gasteiger partial charge in [0.05, 0.1) is 5.69 Å². The van der Waals surface area contributed by atoms with E-state index in [0.717, 1.165) is 43.9 Å². The SMILES string of the molecule is CCCN(CCC)CCCNc1c(C(C)(C)S)c(=O)c1=S. The fourth-order valence-electron chi connectivity index (χ4n) is 2.63. The van der Waals surface area contributed by atoms with Crippen LogP contribution < -0.4 is 10.7 Å². The normalized spacial score (nSPS) is 12.3. The molecule has 0 unspecified atom stereocenters. The molecule has 0 aliphatic rings. The third-order valence-corrected chi connectivity index (χ3v) is 4.17. The van der Waals surface area contributed by atoms with Crippen molar-refractivity contribution in [1.29, 1.82) is 0 Å². The molecule has 0 bridgehead atoms. The van der Waals surface area contributed by atoms with Gasteiger partial charge in [0.2, 0.25) is 5.43 Å². The lowest BCUT2D eigenvalue weighted by molar-refractivity contribution is 0.274. The molecule has 3 nitrogen and oxygen atoms in total. The van der Waals surface area contributed by atoms with Crippen LogP contribution in [0.3, 0.4) is 0 Å². The Balaban J connectivity index is 2.49. The van der Waals surface area contributed by atoms with Crippen LogP contribution in [0.15, 0.2) is 4.79 Å². The Morgan fingerprint density at radius 3 is 2.24 bits per heavy atom. The molecule has 5 heteroatoms. The molecule has 0 saturated heterocycles. The quantitative estimate of drug-likeness (QED) is 0.389. The van der Waals surface area contributed by atoms with Gasteiger partial charge < -0.3 is 10.2 Å². The standard InChI is InChI=1S/C16H28N2OS2/c1-5-9-18(10-6-2)11-7-8-17-13-12(16(3,4)21)14(19)15(13)20/h17,21H,5-11H2,1-4H3. The topological polar surface area (TPSA) is 32.3 Å². The molecule has 1 N–H and O–H groups in total. The lowest BCUT2D eigenvalue weighted by atomic mass is 9.95. The van der Waals surface area contributed by atoms with Gasteiger partial charge in [-0.1, -0.05) is 26.1 Å². The molecule has 0 heterocycles. The fraction of sp³-hybridized carbons (Fsp3) is 0.750. The monoisotopic (exact) mass is 328 g/mol. The predicted octanol–water partition coefficient (Wildman–Crippen LogP) is 3.74. The highest BCUT2D eigenvalue weighted by Gasteiger charge is 2.28. The van der Waals surface area contributed by atoms with Gasteiger partial charge in [0.15, 0.2) is 0 Å². The molecule has 0 amide bonds. The summed E-state index contributed by atoms with van der Waals surface area (Å²) in [4.78, 5) is 14.3. The Labute approximate surface area is 139 Å². The molecule has 0 aliphatic heterocycles. The van der Waals surface area contributed by atoms with Crippen molar-refractivity contribution >= 4 is 30.5 Å². The Kier molecular flexibility index (Phi) is 7.37. The van der Waals surface area contributed by atoms with Crippen LogP contribution in [0.1, 0.15) is 52.5 Å². The molecule has 120 valence electrons. The van der Waals surface area contributed by atoms with Crippen molar-refractivity contribution in [2.45, 2.75) is 51.7 Å². The van der Waals surface area contributed by atoms with E-state index in [1.54, 1.807) is 0 Å². The van der Waals surface area contributed by atoms with Gasteiger partial charge in [-0.15, -0.1) is 0 Å². The lowest BCUT2D eigenvalue weighted by Crippen LogP contribution is -2.31. The Hall–Kier alpha value is -0.390. The second kappa shape index (κ2) is 8.30. The van der Waals surface area contributed by atoms with Crippen LogP contribution in [0.4, 0.5) is 5.69 Å². The second-order valence-corrected chi connectivity index (χ2v) is 7.62. The summed E-state index contributed by atoms with van der Waals surface area (Å²) in [6.45, 7) is 12.5. The number of hydrogen-bond donors (Lipinski definition) is 2. The first kappa shape index (κ1) is 18.7. The van der Waals surface area contributed by atoms with Crippen LogP contribution in [-0.4, -0.2) is 31.1 Å². The van der Waals surface area contributed by atoms with Gasteiger partial charge in [0.25, 0.3) is 0 Å². The van der Waals surface area contributed by atoms with Crippen LogP contribution in [0.2, 0.25) is 0 Å². The van der Waals surface area contributed by atoms with Crippen LogP contribution in [0.25, 0.3) is 0 Å². The number of nitrogens with one attached hydrogen (secondary N) is 1. The summed E-state index contributed by atoms with van der Waals surface area (Å²) in [5.74, 6) is 0. The maximum atomic E-state index is 11.8. The lowest BCUT2D eigenvalue weighted by Gasteiger charge is -2.25. The largest absolute Gasteiger partial charge is 0.383 e. The van der Waals surface area contributed by atoms with E-state index in [1.165, 1.54) is 12.8 Å². The molecule has 0 fully saturated rings. The van der Waals surface area contributed by atoms with Crippen molar-refractivity contribution in [2.24, 2.45) is 0 Å². The molecular weight excluding hydrogens is 300 g/mol. The zero-order chi connectivity index (χ0) is 16.0. The molecule has 21 heavy (non-hydrogen) atoms. The third-order valence-electron chi connectivity index (χ3n) is 3.55. The molecule has 0 aliphatic carbocycles. The molecule has 0 radical (unpaired) electrons. The molecule has 1 aromatic carbocycles. The molecule has 0 aromatic heterocycles. The van der Waals surface area contributed by atoms with Gasteiger partial charge in [-0.05, 0) is 52.7 Å². The molecule has 0 spiro atoms. The average molecular weight is 329 g/mol. The summed E-state index contributed by atoms with van der Waals surface area (Å²) in [5, 5.41) is 3.34. The summed E-state index contributed by atoms with van der Waals surface area (Å²) >= 11 is 9.63. The molecule has 1 rings (SSSR count). The van der Waals surface area contributed by atoms with Crippen molar-refractivity contribution in [1.82, 2.24) is 4.90 Å². The van der Waals surface area contributed by atoms with Gasteiger partial charge in [0.1, 0.15) is 4.51 Å². The summed E-state index contributed by atoms with van der Waals surface area (Å²) < 4.78 is 0.00384. The highest BCUT2D eigenvalue weighted by molar-refractivity contribution is 7.81. The molecule has 0 saturated carbocycles. The number of nitrogens with zero attached hydrogens (tertiary/aromatic N) is 1. The Morgan fingerprint density at radius 1 is 1.19 bits per heavy atom. The van der Waals surface area contributed by atoms with Crippen molar-refractivity contribution in [2.75, 3.05) is 31.5 Å². The van der Waals surface area contributed by atoms with E-state index in [0.29, 0.717) is 4.51 Å². The van der Waals surface area contributed by atoms with Crippen LogP contribution >= 0.6 is 24.8 Å². The fourth-order valence-corrected chi connectivity index (χ4v) is 3.12. The minimum Gasteiger partial charge on any atom is -0.383 e. The van der Waals surface area contributed by atoms with Crippen molar-refractivity contribution in [3.8, 4) is 0 Å². The first-order valence-corrected chi connectivity index (χ1v) is 8.70. The predicted molar refractivity (Wildman–Crippen MR) is 98.1 cm³/mol. The first-order valence-electron chi connectivity index (χ1n) is 7.85. The van der Waals surface area contributed by atoms with E-state index < -0.39 is 4.75 Å². The second-order valence-electron chi connectivity index (χ2n) is 6.09. The summed E-state index contributed by atoms with van der Waals surface area (Å²) in [6, 6.07) is 0. The molecular formula is C16H28N2OS2. The number of anilines is 1. The highest BCUT2D eigenvalue weighted by Crippen LogP contribution is 2.33. The van der Waals surface area contributed by atoms with Crippen LogP contribution in [0, 0.1) is 4.51 Å². The van der Waals surface area contributed by atoms with Crippen LogP contribution in [0.5, 0.6) is 0 Å². The molecule has 1 aromatic rings. The Morgan fingerprint density at radius 2 is 1.76 bits per heavy atom. The maximum Gasteiger partial charge on any atom is 0.205 e. The van der Waals surface area contributed by atoms with E-state index >= 15 is 0 Å². The average Bonchev–Trinajstić information content (AvgIpc) is 2.40.